The van der Waals surface area contributed by atoms with Gasteiger partial charge in [0.05, 0.1) is 45.1 Å². The molecule has 3 rings (SSSR count). The number of urea groups is 1. The highest BCUT2D eigenvalue weighted by molar-refractivity contribution is 7.10. The molecule has 1 atom stereocenters. The quantitative estimate of drug-likeness (QED) is 0.412. The summed E-state index contributed by atoms with van der Waals surface area (Å²) in [6.07, 6.45) is 1.10. The molecule has 0 aliphatic carbocycles. The Bertz CT molecular complexity index is 1080. The number of methoxy groups -OCH3 is 3. The number of hydroxylamine groups is 1. The van der Waals surface area contributed by atoms with Crippen molar-refractivity contribution >= 4 is 35.7 Å². The summed E-state index contributed by atoms with van der Waals surface area (Å²) in [4.78, 5) is 18.7. The Kier molecular flexibility index (Phi) is 9.94. The van der Waals surface area contributed by atoms with Gasteiger partial charge in [-0.2, -0.15) is 9.44 Å². The van der Waals surface area contributed by atoms with Crippen molar-refractivity contribution in [1.82, 2.24) is 9.69 Å². The second-order valence-electron chi connectivity index (χ2n) is 7.04. The van der Waals surface area contributed by atoms with Crippen LogP contribution < -0.4 is 24.6 Å². The Morgan fingerprint density at radius 2 is 1.76 bits per heavy atom. The summed E-state index contributed by atoms with van der Waals surface area (Å²) < 4.78 is 20.8. The predicted molar refractivity (Wildman–Crippen MR) is 134 cm³/mol. The maximum absolute atomic E-state index is 12.5. The largest absolute Gasteiger partial charge is 0.493 e. The number of halogens is 1. The van der Waals surface area contributed by atoms with Crippen LogP contribution in [0.5, 0.6) is 17.2 Å². The average molecular weight is 510 g/mol. The van der Waals surface area contributed by atoms with Gasteiger partial charge in [0, 0.05) is 23.9 Å². The van der Waals surface area contributed by atoms with Gasteiger partial charge in [-0.3, -0.25) is 4.84 Å². The van der Waals surface area contributed by atoms with Gasteiger partial charge in [0.1, 0.15) is 0 Å². The first-order valence-electron chi connectivity index (χ1n) is 10.1. The van der Waals surface area contributed by atoms with Gasteiger partial charge in [0.2, 0.25) is 5.75 Å². The number of carbonyl (C=O) groups is 1. The number of aliphatic hydroxyl groups excluding tert-OH is 1. The molecule has 3 aromatic rings. The Morgan fingerprint density at radius 1 is 1.09 bits per heavy atom. The monoisotopic (exact) mass is 509 g/mol. The standard InChI is InChI=1S/C23H27N3O6S.ClH/c1-14(27)12-24-23(28)26(32-5)17-8-6-7-15(9-17)18-13-25-33-22(18)16-10-19(29-2)21(31-4)20(11-16)30-3;/h6-11,13-14,27H,12H2,1-5H3,(H,24,28);1H. The fraction of sp³-hybridized carbons (Fsp3) is 0.304. The lowest BCUT2D eigenvalue weighted by Crippen LogP contribution is -2.42. The Balaban J connectivity index is 0.00000408. The average Bonchev–Trinajstić information content (AvgIpc) is 3.32. The SMILES string of the molecule is COc1cc(-c2sncc2-c2cccc(N(OC)C(=O)NCC(C)O)c2)cc(OC)c1OC.Cl. The number of aliphatic hydroxyl groups is 1. The minimum atomic E-state index is -0.670. The molecule has 1 unspecified atom stereocenters. The molecule has 0 aliphatic rings. The lowest BCUT2D eigenvalue weighted by Gasteiger charge is -2.21. The number of rotatable bonds is 9. The predicted octanol–water partition coefficient (Wildman–Crippen LogP) is 4.38. The number of benzene rings is 2. The molecule has 11 heteroatoms. The molecule has 0 fully saturated rings. The summed E-state index contributed by atoms with van der Waals surface area (Å²) in [6.45, 7) is 1.70. The van der Waals surface area contributed by atoms with Crippen molar-refractivity contribution in [2.45, 2.75) is 13.0 Å². The third-order valence-corrected chi connectivity index (χ3v) is 5.65. The molecule has 184 valence electrons. The molecular formula is C23H28ClN3O6S. The third-order valence-electron chi connectivity index (χ3n) is 4.80. The molecule has 0 saturated carbocycles. The number of aromatic nitrogens is 1. The molecule has 2 aromatic carbocycles. The molecule has 1 aromatic heterocycles. The van der Waals surface area contributed by atoms with Crippen molar-refractivity contribution in [2.24, 2.45) is 0 Å². The summed E-state index contributed by atoms with van der Waals surface area (Å²) in [5, 5.41) is 13.2. The van der Waals surface area contributed by atoms with Gasteiger partial charge in [-0.25, -0.2) is 4.79 Å². The summed E-state index contributed by atoms with van der Waals surface area (Å²) in [6, 6.07) is 10.6. The fourth-order valence-corrected chi connectivity index (χ4v) is 4.03. The third kappa shape index (κ3) is 5.89. The van der Waals surface area contributed by atoms with Gasteiger partial charge in [0.25, 0.3) is 0 Å². The van der Waals surface area contributed by atoms with Crippen molar-refractivity contribution in [3.63, 3.8) is 0 Å². The lowest BCUT2D eigenvalue weighted by atomic mass is 10.0. The maximum Gasteiger partial charge on any atom is 0.346 e. The van der Waals surface area contributed by atoms with Gasteiger partial charge in [-0.1, -0.05) is 12.1 Å². The molecule has 34 heavy (non-hydrogen) atoms. The van der Waals surface area contributed by atoms with Crippen LogP contribution in [0.25, 0.3) is 21.6 Å². The zero-order chi connectivity index (χ0) is 24.0. The number of hydrogen-bond acceptors (Lipinski definition) is 8. The normalized spacial score (nSPS) is 11.2. The number of anilines is 1. The van der Waals surface area contributed by atoms with E-state index in [0.717, 1.165) is 26.6 Å². The van der Waals surface area contributed by atoms with E-state index in [1.54, 1.807) is 40.5 Å². The Morgan fingerprint density at radius 3 is 2.32 bits per heavy atom. The minimum absolute atomic E-state index is 0. The molecule has 0 bridgehead atoms. The van der Waals surface area contributed by atoms with Gasteiger partial charge < -0.3 is 24.6 Å². The first-order valence-corrected chi connectivity index (χ1v) is 10.9. The molecule has 2 N–H and O–H groups in total. The first kappa shape index (κ1) is 27.2. The second-order valence-corrected chi connectivity index (χ2v) is 7.85. The summed E-state index contributed by atoms with van der Waals surface area (Å²) in [7, 11) is 6.10. The van der Waals surface area contributed by atoms with Crippen LogP contribution in [0.4, 0.5) is 10.5 Å². The van der Waals surface area contributed by atoms with Crippen LogP contribution in [-0.4, -0.2) is 56.6 Å². The van der Waals surface area contributed by atoms with E-state index >= 15 is 0 Å². The molecule has 2 amide bonds. The highest BCUT2D eigenvalue weighted by Gasteiger charge is 2.20. The van der Waals surface area contributed by atoms with Crippen molar-refractivity contribution in [2.75, 3.05) is 40.0 Å². The minimum Gasteiger partial charge on any atom is -0.493 e. The van der Waals surface area contributed by atoms with Crippen molar-refractivity contribution in [1.29, 1.82) is 0 Å². The highest BCUT2D eigenvalue weighted by atomic mass is 35.5. The summed E-state index contributed by atoms with van der Waals surface area (Å²) >= 11 is 1.33. The second kappa shape index (κ2) is 12.4. The number of nitrogens with zero attached hydrogens (tertiary/aromatic N) is 2. The van der Waals surface area contributed by atoms with E-state index in [2.05, 4.69) is 9.69 Å². The van der Waals surface area contributed by atoms with Crippen LogP contribution in [0.2, 0.25) is 0 Å². The fourth-order valence-electron chi connectivity index (χ4n) is 3.28. The van der Waals surface area contributed by atoms with E-state index in [1.807, 2.05) is 30.3 Å². The van der Waals surface area contributed by atoms with Crippen LogP contribution in [-0.2, 0) is 4.84 Å². The summed E-state index contributed by atoms with van der Waals surface area (Å²) in [5.41, 5.74) is 3.10. The topological polar surface area (TPSA) is 102 Å². The Labute approximate surface area is 208 Å². The Hall–Kier alpha value is -3.05. The van der Waals surface area contributed by atoms with E-state index in [-0.39, 0.29) is 19.0 Å². The lowest BCUT2D eigenvalue weighted by molar-refractivity contribution is 0.154. The molecule has 0 spiro atoms. The number of ether oxygens (including phenoxy) is 3. The van der Waals surface area contributed by atoms with Crippen molar-refractivity contribution in [3.8, 4) is 38.8 Å². The molecular weight excluding hydrogens is 482 g/mol. The van der Waals surface area contributed by atoms with Crippen LogP contribution in [0.15, 0.2) is 42.6 Å². The maximum atomic E-state index is 12.5. The smallest absolute Gasteiger partial charge is 0.346 e. The van der Waals surface area contributed by atoms with Crippen LogP contribution >= 0.6 is 23.9 Å². The number of hydrogen-bond donors (Lipinski definition) is 2. The van der Waals surface area contributed by atoms with E-state index in [9.17, 15) is 9.90 Å². The first-order chi connectivity index (χ1) is 15.9. The van der Waals surface area contributed by atoms with Crippen LogP contribution in [0.3, 0.4) is 0 Å². The van der Waals surface area contributed by atoms with Gasteiger partial charge in [-0.15, -0.1) is 12.4 Å². The van der Waals surface area contributed by atoms with E-state index in [1.165, 1.54) is 18.6 Å². The number of carbonyl (C=O) groups excluding carboxylic acids is 1. The van der Waals surface area contributed by atoms with Gasteiger partial charge >= 0.3 is 6.03 Å². The molecule has 0 radical (unpaired) electrons. The van der Waals surface area contributed by atoms with Crippen molar-refractivity contribution in [3.05, 3.63) is 42.6 Å². The molecule has 9 nitrogen and oxygen atoms in total. The number of nitrogens with one attached hydrogen (secondary N) is 1. The molecule has 1 heterocycles. The zero-order valence-corrected chi connectivity index (χ0v) is 21.2. The molecule has 0 aliphatic heterocycles. The van der Waals surface area contributed by atoms with Gasteiger partial charge in [-0.05, 0) is 48.3 Å². The van der Waals surface area contributed by atoms with Crippen LogP contribution in [0, 0.1) is 0 Å². The van der Waals surface area contributed by atoms with E-state index in [0.29, 0.717) is 22.9 Å². The highest BCUT2D eigenvalue weighted by Crippen LogP contribution is 2.44. The zero-order valence-electron chi connectivity index (χ0n) is 19.5. The summed E-state index contributed by atoms with van der Waals surface area (Å²) in [5.74, 6) is 1.59. The van der Waals surface area contributed by atoms with Crippen LogP contribution in [0.1, 0.15) is 6.92 Å². The van der Waals surface area contributed by atoms with Crippen molar-refractivity contribution < 1.29 is 28.9 Å². The van der Waals surface area contributed by atoms with Gasteiger partial charge in [0.15, 0.2) is 11.5 Å². The number of amides is 2. The molecule has 0 saturated heterocycles. The van der Waals surface area contributed by atoms with E-state index in [4.69, 9.17) is 19.0 Å². The van der Waals surface area contributed by atoms with E-state index < -0.39 is 12.1 Å².